The molecule has 2 aromatic rings. The summed E-state index contributed by atoms with van der Waals surface area (Å²) >= 11 is 0. The second-order valence-corrected chi connectivity index (χ2v) is 9.29. The number of nitrogens with zero attached hydrogens (tertiary/aromatic N) is 3. The molecule has 0 amide bonds. The summed E-state index contributed by atoms with van der Waals surface area (Å²) in [6, 6.07) is 15.7. The molecule has 184 valence electrons. The molecule has 0 saturated carbocycles. The van der Waals surface area contributed by atoms with Crippen LogP contribution in [0.3, 0.4) is 0 Å². The number of piperazine rings is 1. The SMILES string of the molecule is COC(=O)CC[C@H]1CN(Cc2ccc(OC)cc2)CC[C@H]1N1CCN(c2ccccc2F)CC1. The molecule has 0 radical (unpaired) electrons. The molecule has 7 heteroatoms. The number of anilines is 1. The number of para-hydroxylation sites is 1. The number of likely N-dealkylation sites (tertiary alicyclic amines) is 1. The molecule has 2 aliphatic heterocycles. The third-order valence-corrected chi connectivity index (χ3v) is 7.27. The first-order valence-corrected chi connectivity index (χ1v) is 12.2. The van der Waals surface area contributed by atoms with Crippen molar-refractivity contribution in [1.29, 1.82) is 0 Å². The number of carbonyl (C=O) groups is 1. The number of rotatable bonds is 8. The quantitative estimate of drug-likeness (QED) is 0.548. The van der Waals surface area contributed by atoms with Crippen molar-refractivity contribution in [2.45, 2.75) is 31.8 Å². The van der Waals surface area contributed by atoms with E-state index >= 15 is 0 Å². The predicted molar refractivity (Wildman–Crippen MR) is 132 cm³/mol. The van der Waals surface area contributed by atoms with Gasteiger partial charge < -0.3 is 14.4 Å². The number of hydrogen-bond donors (Lipinski definition) is 0. The fraction of sp³-hybridized carbons (Fsp3) is 0.519. The maximum Gasteiger partial charge on any atom is 0.305 e. The first kappa shape index (κ1) is 24.5. The topological polar surface area (TPSA) is 45.2 Å². The molecule has 6 nitrogen and oxygen atoms in total. The molecule has 0 unspecified atom stereocenters. The van der Waals surface area contributed by atoms with Gasteiger partial charge in [-0.1, -0.05) is 24.3 Å². The van der Waals surface area contributed by atoms with Gasteiger partial charge in [0.1, 0.15) is 11.6 Å². The van der Waals surface area contributed by atoms with Crippen molar-refractivity contribution in [3.05, 3.63) is 59.9 Å². The minimum absolute atomic E-state index is 0.143. The van der Waals surface area contributed by atoms with Crippen LogP contribution < -0.4 is 9.64 Å². The Morgan fingerprint density at radius 1 is 1.00 bits per heavy atom. The zero-order chi connectivity index (χ0) is 23.9. The summed E-state index contributed by atoms with van der Waals surface area (Å²) in [4.78, 5) is 19.1. The van der Waals surface area contributed by atoms with E-state index in [2.05, 4.69) is 26.8 Å². The molecule has 2 aliphatic rings. The minimum Gasteiger partial charge on any atom is -0.497 e. The molecule has 0 aliphatic carbocycles. The maximum atomic E-state index is 14.3. The number of halogens is 1. The van der Waals surface area contributed by atoms with E-state index in [0.29, 0.717) is 24.1 Å². The van der Waals surface area contributed by atoms with Gasteiger partial charge in [0, 0.05) is 51.7 Å². The zero-order valence-electron chi connectivity index (χ0n) is 20.3. The molecule has 0 N–H and O–H groups in total. The van der Waals surface area contributed by atoms with Crippen molar-refractivity contribution in [3.8, 4) is 5.75 Å². The number of carbonyl (C=O) groups excluding carboxylic acids is 1. The summed E-state index contributed by atoms with van der Waals surface area (Å²) < 4.78 is 24.4. The highest BCUT2D eigenvalue weighted by Gasteiger charge is 2.35. The number of hydrogen-bond acceptors (Lipinski definition) is 6. The van der Waals surface area contributed by atoms with Gasteiger partial charge >= 0.3 is 5.97 Å². The Bertz CT molecular complexity index is 931. The molecule has 0 bridgehead atoms. The smallest absolute Gasteiger partial charge is 0.305 e. The normalized spacial score (nSPS) is 21.9. The Kier molecular flexibility index (Phi) is 8.40. The molecule has 2 atom stereocenters. The van der Waals surface area contributed by atoms with Crippen molar-refractivity contribution < 1.29 is 18.7 Å². The fourth-order valence-electron chi connectivity index (χ4n) is 5.40. The molecule has 2 saturated heterocycles. The molecule has 4 rings (SSSR count). The van der Waals surface area contributed by atoms with Crippen molar-refractivity contribution >= 4 is 11.7 Å². The summed E-state index contributed by atoms with van der Waals surface area (Å²) in [7, 11) is 3.14. The van der Waals surface area contributed by atoms with Crippen LogP contribution in [0.4, 0.5) is 10.1 Å². The Balaban J connectivity index is 1.38. The van der Waals surface area contributed by atoms with Crippen LogP contribution in [0.5, 0.6) is 5.75 Å². The predicted octanol–water partition coefficient (Wildman–Crippen LogP) is 3.80. The van der Waals surface area contributed by atoms with Crippen molar-refractivity contribution in [3.63, 3.8) is 0 Å². The third-order valence-electron chi connectivity index (χ3n) is 7.27. The fourth-order valence-corrected chi connectivity index (χ4v) is 5.40. The standard InChI is InChI=1S/C27H36FN3O3/c1-33-23-10-7-21(8-11-23)19-29-14-13-25(22(20-29)9-12-27(32)34-2)30-15-17-31(18-16-30)26-6-4-3-5-24(26)28/h3-8,10-11,22,25H,9,12-20H2,1-2H3/t22-,25+/m0/s1. The van der Waals surface area contributed by atoms with E-state index in [1.54, 1.807) is 13.2 Å². The number of methoxy groups -OCH3 is 2. The number of ether oxygens (including phenoxy) is 2. The van der Waals surface area contributed by atoms with Crippen LogP contribution in [0.15, 0.2) is 48.5 Å². The van der Waals surface area contributed by atoms with Crippen LogP contribution >= 0.6 is 0 Å². The Labute approximate surface area is 202 Å². The van der Waals surface area contributed by atoms with Gasteiger partial charge in [-0.25, -0.2) is 4.39 Å². The zero-order valence-corrected chi connectivity index (χ0v) is 20.3. The monoisotopic (exact) mass is 469 g/mol. The van der Waals surface area contributed by atoms with Gasteiger partial charge in [-0.15, -0.1) is 0 Å². The average molecular weight is 470 g/mol. The van der Waals surface area contributed by atoms with Gasteiger partial charge in [-0.2, -0.15) is 0 Å². The Morgan fingerprint density at radius 2 is 1.74 bits per heavy atom. The van der Waals surface area contributed by atoms with Crippen LogP contribution in [0.1, 0.15) is 24.8 Å². The second-order valence-electron chi connectivity index (χ2n) is 9.29. The van der Waals surface area contributed by atoms with E-state index in [9.17, 15) is 9.18 Å². The summed E-state index contributed by atoms with van der Waals surface area (Å²) in [5.74, 6) is 0.966. The lowest BCUT2D eigenvalue weighted by molar-refractivity contribution is -0.141. The lowest BCUT2D eigenvalue weighted by atomic mass is 9.86. The molecule has 2 aromatic carbocycles. The lowest BCUT2D eigenvalue weighted by Crippen LogP contribution is -2.56. The Morgan fingerprint density at radius 3 is 2.41 bits per heavy atom. The van der Waals surface area contributed by atoms with Gasteiger partial charge in [0.2, 0.25) is 0 Å². The van der Waals surface area contributed by atoms with Crippen LogP contribution in [0.2, 0.25) is 0 Å². The maximum absolute atomic E-state index is 14.3. The third kappa shape index (κ3) is 6.07. The highest BCUT2D eigenvalue weighted by atomic mass is 19.1. The molecular formula is C27H36FN3O3. The van der Waals surface area contributed by atoms with Gasteiger partial charge in [-0.3, -0.25) is 14.6 Å². The van der Waals surface area contributed by atoms with Crippen molar-refractivity contribution in [2.75, 3.05) is 58.4 Å². The van der Waals surface area contributed by atoms with E-state index in [1.165, 1.54) is 18.7 Å². The number of benzene rings is 2. The van der Waals surface area contributed by atoms with E-state index in [4.69, 9.17) is 9.47 Å². The van der Waals surface area contributed by atoms with Gasteiger partial charge in [-0.05, 0) is 55.1 Å². The summed E-state index contributed by atoms with van der Waals surface area (Å²) in [6.45, 7) is 6.33. The number of piperidine rings is 1. The summed E-state index contributed by atoms with van der Waals surface area (Å²) in [5, 5.41) is 0. The van der Waals surface area contributed by atoms with Gasteiger partial charge in [0.05, 0.1) is 19.9 Å². The molecule has 2 heterocycles. The van der Waals surface area contributed by atoms with Crippen LogP contribution in [0.25, 0.3) is 0 Å². The average Bonchev–Trinajstić information content (AvgIpc) is 2.88. The van der Waals surface area contributed by atoms with E-state index < -0.39 is 0 Å². The molecule has 34 heavy (non-hydrogen) atoms. The van der Waals surface area contributed by atoms with Gasteiger partial charge in [0.25, 0.3) is 0 Å². The van der Waals surface area contributed by atoms with E-state index in [-0.39, 0.29) is 11.8 Å². The minimum atomic E-state index is -0.154. The lowest BCUT2D eigenvalue weighted by Gasteiger charge is -2.47. The van der Waals surface area contributed by atoms with Crippen molar-refractivity contribution in [1.82, 2.24) is 9.80 Å². The first-order valence-electron chi connectivity index (χ1n) is 12.2. The molecular weight excluding hydrogens is 433 g/mol. The highest BCUT2D eigenvalue weighted by molar-refractivity contribution is 5.69. The van der Waals surface area contributed by atoms with E-state index in [1.807, 2.05) is 24.3 Å². The first-order chi connectivity index (χ1) is 16.6. The molecule has 2 fully saturated rings. The van der Waals surface area contributed by atoms with E-state index in [0.717, 1.165) is 64.4 Å². The summed E-state index contributed by atoms with van der Waals surface area (Å²) in [6.07, 6.45) is 2.34. The van der Waals surface area contributed by atoms with Crippen LogP contribution in [-0.4, -0.2) is 75.3 Å². The highest BCUT2D eigenvalue weighted by Crippen LogP contribution is 2.30. The van der Waals surface area contributed by atoms with Crippen LogP contribution in [0, 0.1) is 11.7 Å². The Hall–Kier alpha value is -2.64. The van der Waals surface area contributed by atoms with Gasteiger partial charge in [0.15, 0.2) is 0 Å². The van der Waals surface area contributed by atoms with Crippen molar-refractivity contribution in [2.24, 2.45) is 5.92 Å². The number of esters is 1. The molecule has 0 aromatic heterocycles. The largest absolute Gasteiger partial charge is 0.497 e. The van der Waals surface area contributed by atoms with Crippen LogP contribution in [-0.2, 0) is 16.1 Å². The second kappa shape index (κ2) is 11.7. The molecule has 0 spiro atoms. The summed E-state index contributed by atoms with van der Waals surface area (Å²) in [5.41, 5.74) is 1.96.